The third kappa shape index (κ3) is 6.73. The van der Waals surface area contributed by atoms with Crippen molar-refractivity contribution in [3.8, 4) is 0 Å². The molecule has 0 radical (unpaired) electrons. The molecule has 1 saturated heterocycles. The maximum absolute atomic E-state index is 6.11. The highest BCUT2D eigenvalue weighted by Crippen LogP contribution is 2.42. The Hall–Kier alpha value is -1.03. The quantitative estimate of drug-likeness (QED) is 0.482. The number of nitrogens with zero attached hydrogens (tertiary/aromatic N) is 1. The Bertz CT molecular complexity index is 680. The van der Waals surface area contributed by atoms with Crippen molar-refractivity contribution in [2.24, 2.45) is 11.3 Å². The number of piperidine rings is 1. The van der Waals surface area contributed by atoms with Gasteiger partial charge < -0.3 is 15.5 Å². The number of likely N-dealkylation sites (tertiary alicyclic amines) is 1. The zero-order valence-corrected chi connectivity index (χ0v) is 20.3. The fraction of sp³-hybridized carbons (Fsp3) is 0.692. The molecule has 0 aromatic heterocycles. The van der Waals surface area contributed by atoms with Crippen molar-refractivity contribution in [3.05, 3.63) is 46.6 Å². The van der Waals surface area contributed by atoms with Gasteiger partial charge in [-0.2, -0.15) is 0 Å². The molecule has 1 unspecified atom stereocenters. The van der Waals surface area contributed by atoms with Gasteiger partial charge in [-0.05, 0) is 80.1 Å². The zero-order chi connectivity index (χ0) is 21.6. The molecule has 168 valence electrons. The van der Waals surface area contributed by atoms with Gasteiger partial charge in [0.25, 0.3) is 0 Å². The van der Waals surface area contributed by atoms with E-state index in [-0.39, 0.29) is 5.41 Å². The molecule has 0 spiro atoms. The van der Waals surface area contributed by atoms with E-state index in [2.05, 4.69) is 61.4 Å². The number of halogens is 1. The molecule has 1 fully saturated rings. The van der Waals surface area contributed by atoms with Crippen LogP contribution in [0.5, 0.6) is 0 Å². The fourth-order valence-corrected chi connectivity index (χ4v) is 5.31. The molecule has 3 rings (SSSR count). The lowest BCUT2D eigenvalue weighted by atomic mass is 9.70. The molecule has 0 saturated carbocycles. The molecule has 2 aliphatic heterocycles. The summed E-state index contributed by atoms with van der Waals surface area (Å²) in [5.74, 6) is 1.25. The van der Waals surface area contributed by atoms with Crippen LogP contribution in [0, 0.1) is 11.3 Å². The summed E-state index contributed by atoms with van der Waals surface area (Å²) in [4.78, 5) is 2.69. The molecule has 0 bridgehead atoms. The van der Waals surface area contributed by atoms with Gasteiger partial charge >= 0.3 is 0 Å². The summed E-state index contributed by atoms with van der Waals surface area (Å²) in [5, 5.41) is 8.24. The lowest BCUT2D eigenvalue weighted by Crippen LogP contribution is -2.51. The van der Waals surface area contributed by atoms with Crippen LogP contribution in [0.15, 0.2) is 36.0 Å². The number of rotatable bonds is 9. The van der Waals surface area contributed by atoms with Gasteiger partial charge in [0, 0.05) is 36.4 Å². The molecule has 0 amide bonds. The first-order valence-corrected chi connectivity index (χ1v) is 12.4. The third-order valence-corrected chi connectivity index (χ3v) is 7.25. The number of allylic oxidation sites excluding steroid dienone is 2. The van der Waals surface area contributed by atoms with Crippen LogP contribution < -0.4 is 10.6 Å². The van der Waals surface area contributed by atoms with Gasteiger partial charge in [0.1, 0.15) is 0 Å². The number of hydrogen-bond acceptors (Lipinski definition) is 3. The average Bonchev–Trinajstić information content (AvgIpc) is 2.71. The van der Waals surface area contributed by atoms with E-state index >= 15 is 0 Å². The maximum Gasteiger partial charge on any atom is 0.0406 e. The van der Waals surface area contributed by atoms with Gasteiger partial charge in [0.05, 0.1) is 0 Å². The van der Waals surface area contributed by atoms with Gasteiger partial charge in [0.15, 0.2) is 0 Å². The first kappa shape index (κ1) is 23.6. The topological polar surface area (TPSA) is 27.3 Å². The second-order valence-corrected chi connectivity index (χ2v) is 10.8. The Kier molecular flexibility index (Phi) is 8.68. The van der Waals surface area contributed by atoms with Crippen molar-refractivity contribution in [1.82, 2.24) is 15.5 Å². The van der Waals surface area contributed by atoms with Crippen LogP contribution in [0.25, 0.3) is 0 Å². The number of benzene rings is 1. The summed E-state index contributed by atoms with van der Waals surface area (Å²) in [6, 6.07) is 9.08. The molecular weight excluding hydrogens is 390 g/mol. The van der Waals surface area contributed by atoms with Crippen molar-refractivity contribution < 1.29 is 0 Å². The molecule has 3 nitrogen and oxygen atoms in total. The maximum atomic E-state index is 6.11. The molecule has 2 N–H and O–H groups in total. The molecule has 30 heavy (non-hydrogen) atoms. The predicted molar refractivity (Wildman–Crippen MR) is 130 cm³/mol. The Balaban J connectivity index is 1.48. The highest BCUT2D eigenvalue weighted by atomic mass is 35.5. The first-order chi connectivity index (χ1) is 14.3. The second kappa shape index (κ2) is 11.0. The highest BCUT2D eigenvalue weighted by Gasteiger charge is 2.37. The third-order valence-electron chi connectivity index (χ3n) is 6.99. The zero-order valence-electron chi connectivity index (χ0n) is 19.5. The Morgan fingerprint density at radius 2 is 2.00 bits per heavy atom. The molecule has 2 aliphatic rings. The normalized spacial score (nSPS) is 23.1. The van der Waals surface area contributed by atoms with Crippen LogP contribution in [0.4, 0.5) is 0 Å². The van der Waals surface area contributed by atoms with Crippen molar-refractivity contribution in [3.63, 3.8) is 0 Å². The largest absolute Gasteiger partial charge is 0.389 e. The molecule has 2 heterocycles. The van der Waals surface area contributed by atoms with E-state index < -0.39 is 0 Å². The Morgan fingerprint density at radius 3 is 2.63 bits per heavy atom. The van der Waals surface area contributed by atoms with E-state index in [0.29, 0.717) is 17.9 Å². The van der Waals surface area contributed by atoms with Gasteiger partial charge in [0.2, 0.25) is 0 Å². The van der Waals surface area contributed by atoms with Crippen molar-refractivity contribution >= 4 is 11.6 Å². The fourth-order valence-electron chi connectivity index (χ4n) is 5.18. The molecule has 0 aliphatic carbocycles. The predicted octanol–water partition coefficient (Wildman–Crippen LogP) is 5.82. The summed E-state index contributed by atoms with van der Waals surface area (Å²) >= 11 is 6.11. The standard InChI is InChI=1S/C26H42ClN3/c1-20(2)25(29-16-7-9-23-8-5-6-15-28-23)18-30-17-14-24(26(3,4)19-30)21-10-12-22(27)13-11-21/h8,10-13,20,24-25,28-29H,5-7,9,14-19H2,1-4H3/t24?,25-/m0/s1. The van der Waals surface area contributed by atoms with Crippen LogP contribution in [0.1, 0.15) is 71.3 Å². The number of hydrogen-bond donors (Lipinski definition) is 2. The Morgan fingerprint density at radius 1 is 1.23 bits per heavy atom. The minimum absolute atomic E-state index is 0.271. The van der Waals surface area contributed by atoms with Crippen LogP contribution in [-0.2, 0) is 0 Å². The summed E-state index contributed by atoms with van der Waals surface area (Å²) in [6.45, 7) is 15.3. The lowest BCUT2D eigenvalue weighted by Gasteiger charge is -2.46. The van der Waals surface area contributed by atoms with E-state index in [1.807, 2.05) is 12.1 Å². The van der Waals surface area contributed by atoms with Crippen molar-refractivity contribution in [1.29, 1.82) is 0 Å². The van der Waals surface area contributed by atoms with Crippen LogP contribution in [0.3, 0.4) is 0 Å². The van der Waals surface area contributed by atoms with Crippen LogP contribution in [0.2, 0.25) is 5.02 Å². The number of nitrogens with one attached hydrogen (secondary N) is 2. The van der Waals surface area contributed by atoms with Crippen molar-refractivity contribution in [2.75, 3.05) is 32.7 Å². The summed E-state index contributed by atoms with van der Waals surface area (Å²) in [6.07, 6.45) is 8.52. The summed E-state index contributed by atoms with van der Waals surface area (Å²) in [7, 11) is 0. The SMILES string of the molecule is CC(C)[C@H](CN1CCC(c2ccc(Cl)cc2)C(C)(C)C1)NCCCC1=CCCCN1. The lowest BCUT2D eigenvalue weighted by molar-refractivity contribution is 0.0794. The van der Waals surface area contributed by atoms with E-state index in [1.54, 1.807) is 0 Å². The van der Waals surface area contributed by atoms with E-state index in [0.717, 1.165) is 31.2 Å². The highest BCUT2D eigenvalue weighted by molar-refractivity contribution is 6.30. The average molecular weight is 432 g/mol. The molecule has 1 aromatic carbocycles. The molecule has 1 aromatic rings. The minimum atomic E-state index is 0.271. The van der Waals surface area contributed by atoms with Gasteiger partial charge in [-0.25, -0.2) is 0 Å². The molecule has 4 heteroatoms. The van der Waals surface area contributed by atoms with E-state index in [1.165, 1.54) is 49.9 Å². The summed E-state index contributed by atoms with van der Waals surface area (Å²) in [5.41, 5.74) is 3.16. The van der Waals surface area contributed by atoms with Crippen LogP contribution in [-0.4, -0.2) is 43.7 Å². The first-order valence-electron chi connectivity index (χ1n) is 12.0. The summed E-state index contributed by atoms with van der Waals surface area (Å²) < 4.78 is 0. The second-order valence-electron chi connectivity index (χ2n) is 10.3. The van der Waals surface area contributed by atoms with Gasteiger partial charge in [-0.3, -0.25) is 0 Å². The van der Waals surface area contributed by atoms with Gasteiger partial charge in [-0.1, -0.05) is 57.5 Å². The van der Waals surface area contributed by atoms with Crippen molar-refractivity contribution in [2.45, 2.75) is 71.8 Å². The molecule has 2 atom stereocenters. The Labute approximate surface area is 189 Å². The monoisotopic (exact) mass is 431 g/mol. The minimum Gasteiger partial charge on any atom is -0.389 e. The van der Waals surface area contributed by atoms with Crippen LogP contribution >= 0.6 is 11.6 Å². The van der Waals surface area contributed by atoms with Gasteiger partial charge in [-0.15, -0.1) is 0 Å². The van der Waals surface area contributed by atoms with E-state index in [9.17, 15) is 0 Å². The molecular formula is C26H42ClN3. The van der Waals surface area contributed by atoms with E-state index in [4.69, 9.17) is 11.6 Å². The smallest absolute Gasteiger partial charge is 0.0406 e.